The van der Waals surface area contributed by atoms with Crippen LogP contribution in [-0.4, -0.2) is 36.5 Å². The highest BCUT2D eigenvalue weighted by Gasteiger charge is 2.20. The summed E-state index contributed by atoms with van der Waals surface area (Å²) in [5, 5.41) is 1.17. The molecule has 0 saturated heterocycles. The predicted octanol–water partition coefficient (Wildman–Crippen LogP) is 6.67. The molecule has 0 amide bonds. The van der Waals surface area contributed by atoms with Crippen molar-refractivity contribution in [2.24, 2.45) is 0 Å². The van der Waals surface area contributed by atoms with Gasteiger partial charge >= 0.3 is 0 Å². The second-order valence-corrected chi connectivity index (χ2v) is 10.6. The molecule has 184 valence electrons. The second kappa shape index (κ2) is 26.0. The van der Waals surface area contributed by atoms with Gasteiger partial charge in [0.25, 0.3) is 0 Å². The van der Waals surface area contributed by atoms with E-state index >= 15 is 0 Å². The topological polar surface area (TPSA) is 0 Å². The fourth-order valence-electron chi connectivity index (χ4n) is 4.53. The second-order valence-electron chi connectivity index (χ2n) is 9.84. The van der Waals surface area contributed by atoms with Crippen LogP contribution >= 0.6 is 15.9 Å². The highest BCUT2D eigenvalue weighted by Crippen LogP contribution is 2.16. The zero-order valence-corrected chi connectivity index (χ0v) is 23.5. The van der Waals surface area contributed by atoms with Crippen molar-refractivity contribution in [3.8, 4) is 0 Å². The molecule has 0 aliphatic carbocycles. The number of hydrogen-bond donors (Lipinski definition) is 0. The van der Waals surface area contributed by atoms with Crippen molar-refractivity contribution in [2.75, 3.05) is 32.0 Å². The van der Waals surface area contributed by atoms with E-state index in [9.17, 15) is 0 Å². The molecule has 0 unspecified atom stereocenters. The number of nitrogens with zero attached hydrogens (tertiary/aromatic N) is 1. The third-order valence-corrected chi connectivity index (χ3v) is 7.25. The van der Waals surface area contributed by atoms with Crippen LogP contribution in [0.5, 0.6) is 0 Å². The summed E-state index contributed by atoms with van der Waals surface area (Å²) in [7, 11) is 2.55. The highest BCUT2D eigenvalue weighted by atomic mass is 79.9. The molecule has 0 rings (SSSR count). The van der Waals surface area contributed by atoms with Crippen LogP contribution in [0.4, 0.5) is 0 Å². The Kier molecular flexibility index (Phi) is 28.5. The predicted molar refractivity (Wildman–Crippen MR) is 138 cm³/mol. The Labute approximate surface area is 206 Å². The lowest BCUT2D eigenvalue weighted by molar-refractivity contribution is -0.910. The number of unbranched alkanes of at least 4 members (excludes halogenated alkanes) is 17. The van der Waals surface area contributed by atoms with Crippen LogP contribution in [-0.2, 0) is 0 Å². The van der Waals surface area contributed by atoms with E-state index in [0.29, 0.717) is 0 Å². The molecule has 3 heteroatoms. The molecule has 0 atom stereocenters. The Morgan fingerprint density at radius 2 is 0.700 bits per heavy atom. The van der Waals surface area contributed by atoms with Crippen LogP contribution in [0, 0.1) is 0 Å². The van der Waals surface area contributed by atoms with E-state index in [1.165, 1.54) is 158 Å². The van der Waals surface area contributed by atoms with Crippen molar-refractivity contribution in [3.63, 3.8) is 0 Å². The van der Waals surface area contributed by atoms with E-state index in [1.54, 1.807) is 0 Å². The maximum Gasteiger partial charge on any atom is 0.0784 e. The number of hydrogen-bond acceptors (Lipinski definition) is 0. The van der Waals surface area contributed by atoms with Gasteiger partial charge < -0.3 is 16.9 Å². The van der Waals surface area contributed by atoms with Crippen LogP contribution in [0.25, 0.3) is 0 Å². The van der Waals surface area contributed by atoms with Crippen molar-refractivity contribution in [1.82, 2.24) is 0 Å². The smallest absolute Gasteiger partial charge is 0.0784 e. The van der Waals surface area contributed by atoms with Crippen molar-refractivity contribution >= 4 is 15.9 Å². The molecule has 0 saturated carbocycles. The van der Waals surface area contributed by atoms with Crippen molar-refractivity contribution in [3.05, 3.63) is 0 Å². The van der Waals surface area contributed by atoms with E-state index < -0.39 is 0 Å². The molecule has 0 aromatic heterocycles. The van der Waals surface area contributed by atoms with Crippen molar-refractivity contribution < 1.29 is 16.9 Å². The first-order valence-corrected chi connectivity index (χ1v) is 14.7. The summed E-state index contributed by atoms with van der Waals surface area (Å²) in [5.74, 6) is 0. The standard InChI is InChI=1S/C27H57BrN.ClH/c1-4-6-8-10-12-14-16-18-21-25-29(3,27-23-20-24-28)26-22-19-17-15-13-11-9-7-5-2;/h4-27H2,1-3H3;1H/q+1;/p-1. The third kappa shape index (κ3) is 23.4. The minimum atomic E-state index is 0. The number of alkyl halides is 1. The molecule has 0 aromatic carbocycles. The van der Waals surface area contributed by atoms with Crippen LogP contribution in [0.1, 0.15) is 142 Å². The molecule has 0 radical (unpaired) electrons. The average Bonchev–Trinajstić information content (AvgIpc) is 2.72. The van der Waals surface area contributed by atoms with Gasteiger partial charge in [-0.2, -0.15) is 0 Å². The fourth-order valence-corrected chi connectivity index (χ4v) is 4.93. The van der Waals surface area contributed by atoms with E-state index in [1.807, 2.05) is 0 Å². The molecule has 0 N–H and O–H groups in total. The molecule has 1 nitrogen and oxygen atoms in total. The quantitative estimate of drug-likeness (QED) is 0.0772. The van der Waals surface area contributed by atoms with Crippen molar-refractivity contribution in [2.45, 2.75) is 142 Å². The average molecular weight is 511 g/mol. The molecule has 0 bridgehead atoms. The molecule has 0 fully saturated rings. The van der Waals surface area contributed by atoms with E-state index in [2.05, 4.69) is 36.8 Å². The van der Waals surface area contributed by atoms with Gasteiger partial charge in [0.2, 0.25) is 0 Å². The number of rotatable bonds is 24. The van der Waals surface area contributed by atoms with E-state index in [4.69, 9.17) is 0 Å². The highest BCUT2D eigenvalue weighted by molar-refractivity contribution is 9.09. The van der Waals surface area contributed by atoms with Crippen LogP contribution in [0.2, 0.25) is 0 Å². The van der Waals surface area contributed by atoms with Gasteiger partial charge in [0.15, 0.2) is 0 Å². The Morgan fingerprint density at radius 3 is 1.00 bits per heavy atom. The zero-order valence-electron chi connectivity index (χ0n) is 21.2. The molecule has 0 aliphatic heterocycles. The molecule has 0 heterocycles. The molecular weight excluding hydrogens is 454 g/mol. The maximum atomic E-state index is 3.62. The van der Waals surface area contributed by atoms with Gasteiger partial charge in [-0.3, -0.25) is 0 Å². The van der Waals surface area contributed by atoms with Gasteiger partial charge in [-0.25, -0.2) is 0 Å². The Balaban J connectivity index is 0. The molecule has 0 aliphatic rings. The Morgan fingerprint density at radius 1 is 0.433 bits per heavy atom. The lowest BCUT2D eigenvalue weighted by atomic mass is 10.1. The zero-order chi connectivity index (χ0) is 21.5. The lowest BCUT2D eigenvalue weighted by Crippen LogP contribution is -3.00. The van der Waals surface area contributed by atoms with Crippen molar-refractivity contribution in [1.29, 1.82) is 0 Å². The van der Waals surface area contributed by atoms with E-state index in [0.717, 1.165) is 0 Å². The number of quaternary nitrogens is 1. The number of halogens is 2. The maximum absolute atomic E-state index is 3.62. The largest absolute Gasteiger partial charge is 1.00 e. The lowest BCUT2D eigenvalue weighted by Gasteiger charge is -2.35. The summed E-state index contributed by atoms with van der Waals surface area (Å²) in [6.45, 7) is 8.83. The van der Waals surface area contributed by atoms with Crippen LogP contribution in [0.15, 0.2) is 0 Å². The van der Waals surface area contributed by atoms with Gasteiger partial charge in [-0.1, -0.05) is 120 Å². The van der Waals surface area contributed by atoms with Gasteiger partial charge in [-0.15, -0.1) is 0 Å². The molecule has 0 spiro atoms. The van der Waals surface area contributed by atoms with Crippen LogP contribution in [0.3, 0.4) is 0 Å². The molecule has 30 heavy (non-hydrogen) atoms. The van der Waals surface area contributed by atoms with Gasteiger partial charge in [0.05, 0.1) is 26.7 Å². The van der Waals surface area contributed by atoms with Gasteiger partial charge in [0.1, 0.15) is 0 Å². The fraction of sp³-hybridized carbons (Fsp3) is 1.00. The minimum Gasteiger partial charge on any atom is -1.00 e. The monoisotopic (exact) mass is 509 g/mol. The first kappa shape index (κ1) is 32.9. The molecule has 0 aromatic rings. The van der Waals surface area contributed by atoms with E-state index in [-0.39, 0.29) is 12.4 Å². The Bertz CT molecular complexity index is 289. The molecular formula is C27H57BrClN. The minimum absolute atomic E-state index is 0. The summed E-state index contributed by atoms with van der Waals surface area (Å²) in [6, 6.07) is 0. The summed E-state index contributed by atoms with van der Waals surface area (Å²) in [4.78, 5) is 0. The summed E-state index contributed by atoms with van der Waals surface area (Å²) >= 11 is 3.62. The third-order valence-electron chi connectivity index (χ3n) is 6.68. The Hall–Kier alpha value is 0.730. The van der Waals surface area contributed by atoms with Crippen LogP contribution < -0.4 is 12.4 Å². The summed E-state index contributed by atoms with van der Waals surface area (Å²) < 4.78 is 1.33. The van der Waals surface area contributed by atoms with Gasteiger partial charge in [0, 0.05) is 5.33 Å². The first-order valence-electron chi connectivity index (χ1n) is 13.6. The summed E-state index contributed by atoms with van der Waals surface area (Å²) in [5.41, 5.74) is 0. The normalized spacial score (nSPS) is 11.6. The summed E-state index contributed by atoms with van der Waals surface area (Å²) in [6.07, 6.45) is 28.8. The first-order chi connectivity index (χ1) is 14.2. The SMILES string of the molecule is CCCCCCCCCCC[N+](C)(CCCCBr)CCCCCCCCCCC.[Cl-]. The van der Waals surface area contributed by atoms with Gasteiger partial charge in [-0.05, 0) is 38.5 Å².